The van der Waals surface area contributed by atoms with Crippen LogP contribution in [0.15, 0.2) is 48.5 Å². The van der Waals surface area contributed by atoms with Gasteiger partial charge in [0.05, 0.1) is 10.6 Å². The Kier molecular flexibility index (Phi) is 3.74. The SMILES string of the molecule is O=C(Oc1ccccc1)N1CCCc2ccc([N+](=O)[O-])cc21. The lowest BCUT2D eigenvalue weighted by Crippen LogP contribution is -2.37. The smallest absolute Gasteiger partial charge is 0.410 e. The minimum atomic E-state index is -0.521. The van der Waals surface area contributed by atoms with Crippen LogP contribution in [0.2, 0.25) is 0 Å². The van der Waals surface area contributed by atoms with E-state index in [1.807, 2.05) is 6.07 Å². The molecular formula is C16H14N2O4. The maximum absolute atomic E-state index is 12.3. The molecule has 0 atom stereocenters. The maximum atomic E-state index is 12.3. The first-order chi connectivity index (χ1) is 10.6. The van der Waals surface area contributed by atoms with Crippen LogP contribution in [0.25, 0.3) is 0 Å². The summed E-state index contributed by atoms with van der Waals surface area (Å²) in [5, 5.41) is 10.9. The Bertz CT molecular complexity index is 715. The second-order valence-corrected chi connectivity index (χ2v) is 5.01. The first-order valence-electron chi connectivity index (χ1n) is 6.97. The topological polar surface area (TPSA) is 72.7 Å². The van der Waals surface area contributed by atoms with Gasteiger partial charge < -0.3 is 4.74 Å². The minimum Gasteiger partial charge on any atom is -0.410 e. The van der Waals surface area contributed by atoms with Gasteiger partial charge in [0.25, 0.3) is 5.69 Å². The molecule has 1 heterocycles. The molecule has 22 heavy (non-hydrogen) atoms. The van der Waals surface area contributed by atoms with Gasteiger partial charge >= 0.3 is 6.09 Å². The van der Waals surface area contributed by atoms with Crippen molar-refractivity contribution >= 4 is 17.5 Å². The zero-order chi connectivity index (χ0) is 15.5. The van der Waals surface area contributed by atoms with E-state index in [0.29, 0.717) is 18.0 Å². The van der Waals surface area contributed by atoms with Crippen molar-refractivity contribution in [2.75, 3.05) is 11.4 Å². The molecule has 3 rings (SSSR count). The summed E-state index contributed by atoms with van der Waals surface area (Å²) in [7, 11) is 0. The third-order valence-electron chi connectivity index (χ3n) is 3.57. The number of rotatable bonds is 2. The number of anilines is 1. The monoisotopic (exact) mass is 298 g/mol. The molecule has 0 N–H and O–H groups in total. The van der Waals surface area contributed by atoms with E-state index in [9.17, 15) is 14.9 Å². The summed E-state index contributed by atoms with van der Waals surface area (Å²) >= 11 is 0. The van der Waals surface area contributed by atoms with Crippen LogP contribution in [0.1, 0.15) is 12.0 Å². The predicted octanol–water partition coefficient (Wildman–Crippen LogP) is 3.55. The van der Waals surface area contributed by atoms with Gasteiger partial charge in [-0.25, -0.2) is 4.79 Å². The van der Waals surface area contributed by atoms with E-state index >= 15 is 0 Å². The number of para-hydroxylation sites is 1. The standard InChI is InChI=1S/C16H14N2O4/c19-16(22-14-6-2-1-3-7-14)17-10-4-5-12-8-9-13(18(20)21)11-15(12)17/h1-3,6-9,11H,4-5,10H2. The van der Waals surface area contributed by atoms with Gasteiger partial charge in [0.15, 0.2) is 0 Å². The third kappa shape index (κ3) is 2.76. The molecule has 0 unspecified atom stereocenters. The first-order valence-corrected chi connectivity index (χ1v) is 6.97. The number of nitro groups is 1. The summed E-state index contributed by atoms with van der Waals surface area (Å²) in [5.74, 6) is 0.449. The molecule has 6 nitrogen and oxygen atoms in total. The van der Waals surface area contributed by atoms with E-state index in [1.54, 1.807) is 30.3 Å². The van der Waals surface area contributed by atoms with Crippen molar-refractivity contribution in [2.45, 2.75) is 12.8 Å². The summed E-state index contributed by atoms with van der Waals surface area (Å²) in [6, 6.07) is 13.4. The van der Waals surface area contributed by atoms with Gasteiger partial charge in [-0.15, -0.1) is 0 Å². The third-order valence-corrected chi connectivity index (χ3v) is 3.57. The second-order valence-electron chi connectivity index (χ2n) is 5.01. The molecule has 0 aliphatic carbocycles. The number of hydrogen-bond acceptors (Lipinski definition) is 4. The van der Waals surface area contributed by atoms with E-state index in [-0.39, 0.29) is 5.69 Å². The molecule has 2 aromatic rings. The highest BCUT2D eigenvalue weighted by Gasteiger charge is 2.26. The molecule has 0 fully saturated rings. The van der Waals surface area contributed by atoms with Gasteiger partial charge in [-0.05, 0) is 30.5 Å². The maximum Gasteiger partial charge on any atom is 0.419 e. The number of hydrogen-bond donors (Lipinski definition) is 0. The lowest BCUT2D eigenvalue weighted by Gasteiger charge is -2.28. The number of nitrogens with zero attached hydrogens (tertiary/aromatic N) is 2. The highest BCUT2D eigenvalue weighted by atomic mass is 16.6. The first kappa shape index (κ1) is 14.1. The highest BCUT2D eigenvalue weighted by Crippen LogP contribution is 2.31. The normalized spacial score (nSPS) is 13.4. The van der Waals surface area contributed by atoms with E-state index in [2.05, 4.69) is 0 Å². The van der Waals surface area contributed by atoms with Crippen molar-refractivity contribution in [1.82, 2.24) is 0 Å². The van der Waals surface area contributed by atoms with Crippen molar-refractivity contribution in [3.63, 3.8) is 0 Å². The molecule has 2 aromatic carbocycles. The zero-order valence-corrected chi connectivity index (χ0v) is 11.8. The highest BCUT2D eigenvalue weighted by molar-refractivity contribution is 5.91. The zero-order valence-electron chi connectivity index (χ0n) is 11.8. The number of benzene rings is 2. The van der Waals surface area contributed by atoms with Gasteiger partial charge in [0.2, 0.25) is 0 Å². The average Bonchev–Trinajstić information content (AvgIpc) is 2.54. The van der Waals surface area contributed by atoms with Crippen LogP contribution in [0.5, 0.6) is 5.75 Å². The fourth-order valence-electron chi connectivity index (χ4n) is 2.51. The van der Waals surface area contributed by atoms with Crippen LogP contribution in [0.3, 0.4) is 0 Å². The van der Waals surface area contributed by atoms with Gasteiger partial charge in [-0.1, -0.05) is 24.3 Å². The van der Waals surface area contributed by atoms with Crippen molar-refractivity contribution < 1.29 is 14.5 Å². The summed E-state index contributed by atoms with van der Waals surface area (Å²) < 4.78 is 5.33. The molecule has 0 aromatic heterocycles. The fourth-order valence-corrected chi connectivity index (χ4v) is 2.51. The Balaban J connectivity index is 1.88. The van der Waals surface area contributed by atoms with E-state index in [4.69, 9.17) is 4.74 Å². The van der Waals surface area contributed by atoms with Gasteiger partial charge in [0.1, 0.15) is 5.75 Å². The molecule has 1 aliphatic heterocycles. The molecule has 0 spiro atoms. The number of nitro benzene ring substituents is 1. The Hall–Kier alpha value is -2.89. The Labute approximate surface area is 127 Å². The predicted molar refractivity (Wildman–Crippen MR) is 81.2 cm³/mol. The van der Waals surface area contributed by atoms with Crippen LogP contribution >= 0.6 is 0 Å². The van der Waals surface area contributed by atoms with Crippen LogP contribution in [-0.2, 0) is 6.42 Å². The van der Waals surface area contributed by atoms with Gasteiger partial charge in [-0.3, -0.25) is 15.0 Å². The number of fused-ring (bicyclic) bond motifs is 1. The van der Waals surface area contributed by atoms with Crippen LogP contribution in [0.4, 0.5) is 16.2 Å². The van der Waals surface area contributed by atoms with Gasteiger partial charge in [0, 0.05) is 18.7 Å². The fraction of sp³-hybridized carbons (Fsp3) is 0.188. The molecule has 6 heteroatoms. The van der Waals surface area contributed by atoms with Crippen molar-refractivity contribution in [2.24, 2.45) is 0 Å². The number of carbonyl (C=O) groups excluding carboxylic acids is 1. The molecule has 0 saturated heterocycles. The van der Waals surface area contributed by atoms with Crippen molar-refractivity contribution in [1.29, 1.82) is 0 Å². The Morgan fingerprint density at radius 3 is 2.68 bits per heavy atom. The number of non-ortho nitro benzene ring substituents is 1. The van der Waals surface area contributed by atoms with Crippen molar-refractivity contribution in [3.8, 4) is 5.75 Å². The quantitative estimate of drug-likeness (QED) is 0.628. The number of carbonyl (C=O) groups is 1. The molecule has 1 aliphatic rings. The molecule has 112 valence electrons. The van der Waals surface area contributed by atoms with E-state index < -0.39 is 11.0 Å². The summed E-state index contributed by atoms with van der Waals surface area (Å²) in [4.78, 5) is 24.3. The Morgan fingerprint density at radius 1 is 1.18 bits per heavy atom. The van der Waals surface area contributed by atoms with Crippen LogP contribution in [-0.4, -0.2) is 17.6 Å². The molecule has 0 radical (unpaired) electrons. The molecule has 0 bridgehead atoms. The number of aryl methyl sites for hydroxylation is 1. The summed E-state index contributed by atoms with van der Waals surface area (Å²) in [5.41, 5.74) is 1.45. The number of ether oxygens (including phenoxy) is 1. The number of amides is 1. The largest absolute Gasteiger partial charge is 0.419 e. The minimum absolute atomic E-state index is 0.0295. The van der Waals surface area contributed by atoms with Crippen LogP contribution in [0, 0.1) is 10.1 Å². The molecular weight excluding hydrogens is 284 g/mol. The van der Waals surface area contributed by atoms with E-state index in [0.717, 1.165) is 18.4 Å². The lowest BCUT2D eigenvalue weighted by atomic mass is 10.0. The summed E-state index contributed by atoms with van der Waals surface area (Å²) in [6.45, 7) is 0.486. The lowest BCUT2D eigenvalue weighted by molar-refractivity contribution is -0.384. The second kappa shape index (κ2) is 5.85. The van der Waals surface area contributed by atoms with Crippen LogP contribution < -0.4 is 9.64 Å². The summed E-state index contributed by atoms with van der Waals surface area (Å²) in [6.07, 6.45) is 1.07. The van der Waals surface area contributed by atoms with Crippen molar-refractivity contribution in [3.05, 3.63) is 64.2 Å². The molecule has 0 saturated carbocycles. The molecule has 1 amide bonds. The Morgan fingerprint density at radius 2 is 1.95 bits per heavy atom. The van der Waals surface area contributed by atoms with E-state index in [1.165, 1.54) is 17.0 Å². The van der Waals surface area contributed by atoms with Gasteiger partial charge in [-0.2, -0.15) is 0 Å². The average molecular weight is 298 g/mol.